The van der Waals surface area contributed by atoms with E-state index in [1.807, 2.05) is 48.0 Å². The molecule has 1 aromatic heterocycles. The number of hydrogen-bond acceptors (Lipinski definition) is 3. The van der Waals surface area contributed by atoms with Crippen LogP contribution in [0, 0.1) is 6.92 Å². The number of amides is 1. The summed E-state index contributed by atoms with van der Waals surface area (Å²) in [4.78, 5) is 12.6. The van der Waals surface area contributed by atoms with Gasteiger partial charge in [0.15, 0.2) is 6.10 Å². The first-order valence-electron chi connectivity index (χ1n) is 8.05. The van der Waals surface area contributed by atoms with Gasteiger partial charge in [-0.05, 0) is 25.3 Å². The standard InChI is InChI=1S/C18H25N3O2/c1-5-15(6-2)21-16(12-13(3)20-21)19-18(22)17(23-4)14-10-8-7-9-11-14/h7-12,15,17H,5-6H2,1-4H3,(H,19,22)/t17-/m1/s1. The third-order valence-corrected chi connectivity index (χ3v) is 3.97. The van der Waals surface area contributed by atoms with Crippen molar-refractivity contribution >= 4 is 11.7 Å². The van der Waals surface area contributed by atoms with Gasteiger partial charge in [-0.15, -0.1) is 0 Å². The maximum absolute atomic E-state index is 12.6. The predicted molar refractivity (Wildman–Crippen MR) is 91.4 cm³/mol. The fourth-order valence-electron chi connectivity index (χ4n) is 2.74. The predicted octanol–water partition coefficient (Wildman–Crippen LogP) is 3.88. The second kappa shape index (κ2) is 7.92. The molecule has 1 heterocycles. The van der Waals surface area contributed by atoms with E-state index in [0.29, 0.717) is 0 Å². The Kier molecular flexibility index (Phi) is 5.93. The zero-order valence-corrected chi connectivity index (χ0v) is 14.2. The minimum absolute atomic E-state index is 0.189. The second-order valence-electron chi connectivity index (χ2n) is 5.60. The van der Waals surface area contributed by atoms with Crippen LogP contribution >= 0.6 is 0 Å². The second-order valence-corrected chi connectivity index (χ2v) is 5.60. The number of carbonyl (C=O) groups excluding carboxylic acids is 1. The lowest BCUT2D eigenvalue weighted by Gasteiger charge is -2.19. The molecule has 5 nitrogen and oxygen atoms in total. The number of hydrogen-bond donors (Lipinski definition) is 1. The van der Waals surface area contributed by atoms with E-state index >= 15 is 0 Å². The first-order valence-corrected chi connectivity index (χ1v) is 8.05. The molecule has 5 heteroatoms. The number of rotatable bonds is 7. The highest BCUT2D eigenvalue weighted by molar-refractivity contribution is 5.94. The summed E-state index contributed by atoms with van der Waals surface area (Å²) in [5, 5.41) is 7.49. The normalized spacial score (nSPS) is 12.4. The third-order valence-electron chi connectivity index (χ3n) is 3.97. The van der Waals surface area contributed by atoms with Crippen molar-refractivity contribution in [1.29, 1.82) is 0 Å². The molecular weight excluding hydrogens is 290 g/mol. The summed E-state index contributed by atoms with van der Waals surface area (Å²) >= 11 is 0. The van der Waals surface area contributed by atoms with E-state index in [1.54, 1.807) is 7.11 Å². The van der Waals surface area contributed by atoms with Gasteiger partial charge in [-0.25, -0.2) is 4.68 Å². The molecule has 0 spiro atoms. The van der Waals surface area contributed by atoms with Crippen molar-refractivity contribution in [2.24, 2.45) is 0 Å². The molecule has 0 radical (unpaired) electrons. The summed E-state index contributed by atoms with van der Waals surface area (Å²) in [5.41, 5.74) is 1.72. The van der Waals surface area contributed by atoms with Crippen molar-refractivity contribution in [2.75, 3.05) is 12.4 Å². The molecule has 1 N–H and O–H groups in total. The Morgan fingerprint density at radius 1 is 1.26 bits per heavy atom. The first-order chi connectivity index (χ1) is 11.1. The monoisotopic (exact) mass is 315 g/mol. The van der Waals surface area contributed by atoms with Crippen molar-refractivity contribution in [1.82, 2.24) is 9.78 Å². The Balaban J connectivity index is 2.22. The molecule has 2 rings (SSSR count). The molecule has 0 unspecified atom stereocenters. The smallest absolute Gasteiger partial charge is 0.259 e. The summed E-state index contributed by atoms with van der Waals surface area (Å²) in [6.45, 7) is 6.18. The first kappa shape index (κ1) is 17.2. The molecule has 0 bridgehead atoms. The van der Waals surface area contributed by atoms with Crippen LogP contribution in [0.15, 0.2) is 36.4 Å². The van der Waals surface area contributed by atoms with Crippen molar-refractivity contribution in [2.45, 2.75) is 45.8 Å². The topological polar surface area (TPSA) is 56.2 Å². The summed E-state index contributed by atoms with van der Waals surface area (Å²) in [6, 6.07) is 11.7. The van der Waals surface area contributed by atoms with E-state index in [4.69, 9.17) is 4.74 Å². The number of benzene rings is 1. The van der Waals surface area contributed by atoms with Crippen LogP contribution in [0.2, 0.25) is 0 Å². The molecule has 2 aromatic rings. The summed E-state index contributed by atoms with van der Waals surface area (Å²) in [6.07, 6.45) is 1.29. The number of carbonyl (C=O) groups is 1. The largest absolute Gasteiger partial charge is 0.367 e. The van der Waals surface area contributed by atoms with Crippen LogP contribution in [0.5, 0.6) is 0 Å². The Labute approximate surface area is 137 Å². The zero-order valence-electron chi connectivity index (χ0n) is 14.2. The van der Waals surface area contributed by atoms with Crippen LogP contribution in [0.1, 0.15) is 50.1 Å². The van der Waals surface area contributed by atoms with Crippen LogP contribution in [-0.4, -0.2) is 22.8 Å². The van der Waals surface area contributed by atoms with Crippen molar-refractivity contribution in [3.05, 3.63) is 47.7 Å². The summed E-state index contributed by atoms with van der Waals surface area (Å²) in [7, 11) is 1.54. The molecule has 0 aliphatic rings. The lowest BCUT2D eigenvalue weighted by molar-refractivity contribution is -0.126. The van der Waals surface area contributed by atoms with E-state index in [9.17, 15) is 4.79 Å². The van der Waals surface area contributed by atoms with Crippen LogP contribution in [0.4, 0.5) is 5.82 Å². The van der Waals surface area contributed by atoms with E-state index in [-0.39, 0.29) is 11.9 Å². The van der Waals surface area contributed by atoms with Gasteiger partial charge >= 0.3 is 0 Å². The van der Waals surface area contributed by atoms with Gasteiger partial charge in [-0.3, -0.25) is 4.79 Å². The fourth-order valence-corrected chi connectivity index (χ4v) is 2.74. The highest BCUT2D eigenvalue weighted by Crippen LogP contribution is 2.24. The van der Waals surface area contributed by atoms with Gasteiger partial charge in [-0.2, -0.15) is 5.10 Å². The molecule has 23 heavy (non-hydrogen) atoms. The number of ether oxygens (including phenoxy) is 1. The molecular formula is C18H25N3O2. The number of nitrogens with one attached hydrogen (secondary N) is 1. The molecule has 0 fully saturated rings. The van der Waals surface area contributed by atoms with Crippen LogP contribution in [0.25, 0.3) is 0 Å². The van der Waals surface area contributed by atoms with Crippen molar-refractivity contribution in [3.8, 4) is 0 Å². The fraction of sp³-hybridized carbons (Fsp3) is 0.444. The highest BCUT2D eigenvalue weighted by Gasteiger charge is 2.22. The molecule has 1 amide bonds. The Morgan fingerprint density at radius 3 is 2.48 bits per heavy atom. The molecule has 0 saturated carbocycles. The maximum Gasteiger partial charge on any atom is 0.259 e. The van der Waals surface area contributed by atoms with Gasteiger partial charge in [-0.1, -0.05) is 44.2 Å². The van der Waals surface area contributed by atoms with E-state index in [2.05, 4.69) is 24.3 Å². The number of aryl methyl sites for hydroxylation is 1. The Bertz CT molecular complexity index is 633. The van der Waals surface area contributed by atoms with Gasteiger partial charge in [0.2, 0.25) is 0 Å². The van der Waals surface area contributed by atoms with Gasteiger partial charge in [0, 0.05) is 13.2 Å². The van der Waals surface area contributed by atoms with Gasteiger partial charge in [0.25, 0.3) is 5.91 Å². The van der Waals surface area contributed by atoms with E-state index in [0.717, 1.165) is 29.9 Å². The molecule has 1 aromatic carbocycles. The summed E-state index contributed by atoms with van der Waals surface area (Å²) < 4.78 is 7.30. The number of aromatic nitrogens is 2. The molecule has 0 aliphatic carbocycles. The minimum Gasteiger partial charge on any atom is -0.367 e. The molecule has 1 atom stereocenters. The van der Waals surface area contributed by atoms with E-state index < -0.39 is 6.10 Å². The van der Waals surface area contributed by atoms with Crippen LogP contribution in [0.3, 0.4) is 0 Å². The molecule has 124 valence electrons. The lowest BCUT2D eigenvalue weighted by atomic mass is 10.1. The number of methoxy groups -OCH3 is 1. The number of anilines is 1. The van der Waals surface area contributed by atoms with Crippen LogP contribution in [-0.2, 0) is 9.53 Å². The molecule has 0 aliphatic heterocycles. The zero-order chi connectivity index (χ0) is 16.8. The average Bonchev–Trinajstić information content (AvgIpc) is 2.91. The minimum atomic E-state index is -0.637. The van der Waals surface area contributed by atoms with Gasteiger partial charge < -0.3 is 10.1 Å². The quantitative estimate of drug-likeness (QED) is 0.843. The Hall–Kier alpha value is -2.14. The van der Waals surface area contributed by atoms with Gasteiger partial charge in [0.05, 0.1) is 11.7 Å². The summed E-state index contributed by atoms with van der Waals surface area (Å²) in [5.74, 6) is 0.532. The highest BCUT2D eigenvalue weighted by atomic mass is 16.5. The van der Waals surface area contributed by atoms with E-state index in [1.165, 1.54) is 0 Å². The SMILES string of the molecule is CCC(CC)n1nc(C)cc1NC(=O)[C@H](OC)c1ccccc1. The van der Waals surface area contributed by atoms with Crippen LogP contribution < -0.4 is 5.32 Å². The third kappa shape index (κ3) is 3.99. The Morgan fingerprint density at radius 2 is 1.91 bits per heavy atom. The average molecular weight is 315 g/mol. The van der Waals surface area contributed by atoms with Gasteiger partial charge in [0.1, 0.15) is 5.82 Å². The lowest BCUT2D eigenvalue weighted by Crippen LogP contribution is -2.25. The van der Waals surface area contributed by atoms with Crippen molar-refractivity contribution < 1.29 is 9.53 Å². The maximum atomic E-state index is 12.6. The van der Waals surface area contributed by atoms with Crippen molar-refractivity contribution in [3.63, 3.8) is 0 Å². The molecule has 0 saturated heterocycles. The number of nitrogens with zero attached hydrogens (tertiary/aromatic N) is 2.